The molecule has 1 unspecified atom stereocenters. The van der Waals surface area contributed by atoms with Crippen LogP contribution in [0.2, 0.25) is 5.02 Å². The van der Waals surface area contributed by atoms with Crippen molar-refractivity contribution >= 4 is 28.8 Å². The van der Waals surface area contributed by atoms with Crippen molar-refractivity contribution in [2.24, 2.45) is 9.98 Å². The molecule has 1 atom stereocenters. The highest BCUT2D eigenvalue weighted by molar-refractivity contribution is 6.56. The number of nitrogens with zero attached hydrogens (tertiary/aromatic N) is 3. The van der Waals surface area contributed by atoms with Gasteiger partial charge in [-0.15, -0.1) is 0 Å². The summed E-state index contributed by atoms with van der Waals surface area (Å²) >= 11 is 6.14. The molecule has 0 radical (unpaired) electrons. The number of amidine groups is 1. The molecule has 0 aromatic heterocycles. The smallest absolute Gasteiger partial charge is 0.153 e. The Morgan fingerprint density at radius 1 is 0.828 bits per heavy atom. The van der Waals surface area contributed by atoms with Crippen molar-refractivity contribution in [2.45, 2.75) is 58.7 Å². The third kappa shape index (κ3) is 4.99. The fourth-order valence-corrected chi connectivity index (χ4v) is 3.42. The van der Waals surface area contributed by atoms with Crippen LogP contribution in [-0.2, 0) is 0 Å². The van der Waals surface area contributed by atoms with Gasteiger partial charge in [0.25, 0.3) is 0 Å². The van der Waals surface area contributed by atoms with E-state index in [9.17, 15) is 0 Å². The highest BCUT2D eigenvalue weighted by atomic mass is 35.5. The predicted molar refractivity (Wildman–Crippen MR) is 124 cm³/mol. The van der Waals surface area contributed by atoms with Gasteiger partial charge in [0.2, 0.25) is 0 Å². The van der Waals surface area contributed by atoms with Gasteiger partial charge in [0, 0.05) is 10.7 Å². The highest BCUT2D eigenvalue weighted by Crippen LogP contribution is 2.40. The van der Waals surface area contributed by atoms with Crippen LogP contribution in [0.15, 0.2) is 58.5 Å². The Kier molecular flexibility index (Phi) is 5.77. The van der Waals surface area contributed by atoms with E-state index in [0.717, 1.165) is 33.6 Å². The molecule has 0 N–H and O–H groups in total. The van der Waals surface area contributed by atoms with E-state index < -0.39 is 0 Å². The summed E-state index contributed by atoms with van der Waals surface area (Å²) in [5, 5.41) is 0.724. The second-order valence-electron chi connectivity index (χ2n) is 9.30. The van der Waals surface area contributed by atoms with E-state index in [-0.39, 0.29) is 17.1 Å². The van der Waals surface area contributed by atoms with Crippen molar-refractivity contribution < 1.29 is 4.74 Å². The number of ether oxygens (including phenoxy) is 1. The zero-order valence-electron chi connectivity index (χ0n) is 18.3. The number of rotatable bonds is 3. The van der Waals surface area contributed by atoms with Gasteiger partial charge in [0.1, 0.15) is 17.5 Å². The maximum absolute atomic E-state index is 6.14. The first-order valence-electron chi connectivity index (χ1n) is 9.87. The zero-order chi connectivity index (χ0) is 21.4. The minimum absolute atomic E-state index is 0.0130. The Labute approximate surface area is 179 Å². The number of aliphatic imine (C=N–C) groups is 2. The van der Waals surface area contributed by atoms with E-state index in [2.05, 4.69) is 70.7 Å². The zero-order valence-corrected chi connectivity index (χ0v) is 19.1. The first-order valence-corrected chi connectivity index (χ1v) is 10.2. The maximum atomic E-state index is 6.14. The summed E-state index contributed by atoms with van der Waals surface area (Å²) < 4.78 is 5.33. The van der Waals surface area contributed by atoms with E-state index in [0.29, 0.717) is 0 Å². The number of hydrogen-bond acceptors (Lipinski definition) is 3. The molecule has 1 saturated heterocycles. The summed E-state index contributed by atoms with van der Waals surface area (Å²) in [7, 11) is 1.68. The summed E-state index contributed by atoms with van der Waals surface area (Å²) in [6.07, 6.45) is 0. The molecule has 1 aliphatic rings. The van der Waals surface area contributed by atoms with Crippen molar-refractivity contribution in [1.82, 2.24) is 0 Å². The van der Waals surface area contributed by atoms with Crippen LogP contribution >= 0.6 is 11.6 Å². The van der Waals surface area contributed by atoms with Crippen molar-refractivity contribution in [3.8, 4) is 5.75 Å². The lowest BCUT2D eigenvalue weighted by molar-refractivity contribution is 0.415. The molecule has 0 bridgehead atoms. The molecule has 5 heteroatoms. The largest absolute Gasteiger partial charge is 0.497 e. The van der Waals surface area contributed by atoms with Crippen molar-refractivity contribution in [1.29, 1.82) is 0 Å². The summed E-state index contributed by atoms with van der Waals surface area (Å²) in [5.41, 5.74) is 2.78. The van der Waals surface area contributed by atoms with Gasteiger partial charge >= 0.3 is 0 Å². The molecule has 1 heterocycles. The summed E-state index contributed by atoms with van der Waals surface area (Å²) in [5.74, 6) is 1.74. The molecular weight excluding hydrogens is 382 g/mol. The van der Waals surface area contributed by atoms with E-state index in [1.165, 1.54) is 0 Å². The number of hydrogen-bond donors (Lipinski definition) is 0. The molecule has 2 aromatic carbocycles. The lowest BCUT2D eigenvalue weighted by Crippen LogP contribution is -2.57. The Balaban J connectivity index is 2.16. The third-order valence-electron chi connectivity index (χ3n) is 4.41. The molecule has 0 saturated carbocycles. The molecule has 0 amide bonds. The Hall–Kier alpha value is -2.33. The van der Waals surface area contributed by atoms with Gasteiger partial charge < -0.3 is 9.64 Å². The Morgan fingerprint density at radius 3 is 1.86 bits per heavy atom. The van der Waals surface area contributed by atoms with Gasteiger partial charge in [-0.05, 0) is 83.5 Å². The molecule has 0 spiro atoms. The third-order valence-corrected chi connectivity index (χ3v) is 4.66. The maximum Gasteiger partial charge on any atom is 0.153 e. The molecule has 1 fully saturated rings. The molecule has 154 valence electrons. The van der Waals surface area contributed by atoms with Crippen molar-refractivity contribution in [3.63, 3.8) is 0 Å². The van der Waals surface area contributed by atoms with E-state index in [1.807, 2.05) is 24.3 Å². The minimum Gasteiger partial charge on any atom is -0.497 e. The fourth-order valence-electron chi connectivity index (χ4n) is 3.29. The van der Waals surface area contributed by atoms with E-state index in [4.69, 9.17) is 26.3 Å². The van der Waals surface area contributed by atoms with Gasteiger partial charge in [-0.3, -0.25) is 9.98 Å². The molecule has 2 aromatic rings. The van der Waals surface area contributed by atoms with Gasteiger partial charge in [-0.1, -0.05) is 23.7 Å². The normalized spacial score (nSPS) is 20.1. The first-order chi connectivity index (χ1) is 13.5. The molecule has 1 aliphatic heterocycles. The van der Waals surface area contributed by atoms with Gasteiger partial charge in [0.05, 0.1) is 18.2 Å². The van der Waals surface area contributed by atoms with Crippen LogP contribution in [0.25, 0.3) is 0 Å². The van der Waals surface area contributed by atoms with Crippen LogP contribution in [0.1, 0.15) is 53.1 Å². The number of methoxy groups -OCH3 is 1. The summed E-state index contributed by atoms with van der Waals surface area (Å²) in [6.45, 7) is 12.7. The predicted octanol–water partition coefficient (Wildman–Crippen LogP) is 6.35. The van der Waals surface area contributed by atoms with E-state index >= 15 is 0 Å². The monoisotopic (exact) mass is 411 g/mol. The molecule has 29 heavy (non-hydrogen) atoms. The first kappa shape index (κ1) is 21.4. The second kappa shape index (κ2) is 7.83. The topological polar surface area (TPSA) is 37.2 Å². The molecular formula is C24H30ClN3O. The number of benzene rings is 2. The average Bonchev–Trinajstić information content (AvgIpc) is 2.63. The van der Waals surface area contributed by atoms with Crippen LogP contribution in [-0.4, -0.2) is 29.7 Å². The van der Waals surface area contributed by atoms with Crippen LogP contribution in [0, 0.1) is 0 Å². The quantitative estimate of drug-likeness (QED) is 0.590. The minimum atomic E-state index is -0.219. The molecule has 4 nitrogen and oxygen atoms in total. The Morgan fingerprint density at radius 2 is 1.38 bits per heavy atom. The van der Waals surface area contributed by atoms with Gasteiger partial charge in [-0.25, -0.2) is 0 Å². The molecule has 0 aliphatic carbocycles. The standard InChI is InChI=1S/C24H30ClN3O/c1-23(2,3)26-20-21(16-8-10-17(25)11-9-16)28(22(20)27-24(4,5)6)18-12-14-19(29-7)15-13-18/h8-15,21H,1-7H3. The second-order valence-corrected chi connectivity index (χ2v) is 9.73. The highest BCUT2D eigenvalue weighted by Gasteiger charge is 2.45. The van der Waals surface area contributed by atoms with Crippen LogP contribution in [0.3, 0.4) is 0 Å². The average molecular weight is 412 g/mol. The summed E-state index contributed by atoms with van der Waals surface area (Å²) in [6, 6.07) is 16.0. The van der Waals surface area contributed by atoms with Crippen molar-refractivity contribution in [2.75, 3.05) is 12.0 Å². The van der Waals surface area contributed by atoms with Gasteiger partial charge in [-0.2, -0.15) is 0 Å². The van der Waals surface area contributed by atoms with Gasteiger partial charge in [0.15, 0.2) is 5.84 Å². The lowest BCUT2D eigenvalue weighted by Gasteiger charge is -2.47. The summed E-state index contributed by atoms with van der Waals surface area (Å²) in [4.78, 5) is 12.3. The Bertz CT molecular complexity index is 917. The van der Waals surface area contributed by atoms with Crippen molar-refractivity contribution in [3.05, 3.63) is 59.1 Å². The molecule has 3 rings (SSSR count). The SMILES string of the molecule is COc1ccc(N2C(=NC(C)(C)C)C(=NC(C)(C)C)C2c2ccc(Cl)cc2)cc1. The van der Waals surface area contributed by atoms with Crippen LogP contribution in [0.4, 0.5) is 5.69 Å². The number of halogens is 1. The van der Waals surface area contributed by atoms with Crippen LogP contribution < -0.4 is 9.64 Å². The van der Waals surface area contributed by atoms with Crippen LogP contribution in [0.5, 0.6) is 5.75 Å². The van der Waals surface area contributed by atoms with E-state index in [1.54, 1.807) is 7.11 Å². The fraction of sp³-hybridized carbons (Fsp3) is 0.417. The number of anilines is 1. The lowest BCUT2D eigenvalue weighted by atomic mass is 9.88.